The van der Waals surface area contributed by atoms with E-state index in [-0.39, 0.29) is 11.6 Å². The van der Waals surface area contributed by atoms with E-state index in [0.717, 1.165) is 18.8 Å². The molecule has 0 bridgehead atoms. The van der Waals surface area contributed by atoms with Crippen molar-refractivity contribution in [2.75, 3.05) is 25.0 Å². The fourth-order valence-electron chi connectivity index (χ4n) is 2.84. The van der Waals surface area contributed by atoms with Crippen LogP contribution in [-0.4, -0.2) is 41.4 Å². The summed E-state index contributed by atoms with van der Waals surface area (Å²) in [6, 6.07) is 14.4. The Morgan fingerprint density at radius 2 is 1.71 bits per heavy atom. The first kappa shape index (κ1) is 21.4. The SMILES string of the molecule is CCN(Cc1ccc(C(=O)NCCNc2ccc([N+](=O)[O-])cc2)cc1)C(C)C. The van der Waals surface area contributed by atoms with Gasteiger partial charge in [-0.2, -0.15) is 0 Å². The average molecular weight is 384 g/mol. The highest BCUT2D eigenvalue weighted by Gasteiger charge is 2.09. The number of benzene rings is 2. The Kier molecular flexibility index (Phi) is 7.95. The second-order valence-electron chi connectivity index (χ2n) is 6.84. The summed E-state index contributed by atoms with van der Waals surface area (Å²) < 4.78 is 0. The molecule has 0 spiro atoms. The Morgan fingerprint density at radius 1 is 1.07 bits per heavy atom. The molecule has 0 aliphatic rings. The molecule has 0 saturated heterocycles. The molecule has 0 radical (unpaired) electrons. The largest absolute Gasteiger partial charge is 0.383 e. The number of nitrogens with one attached hydrogen (secondary N) is 2. The second kappa shape index (κ2) is 10.4. The molecule has 2 aromatic rings. The molecule has 0 fully saturated rings. The topological polar surface area (TPSA) is 87.5 Å². The van der Waals surface area contributed by atoms with Crippen LogP contribution in [0.15, 0.2) is 48.5 Å². The molecular weight excluding hydrogens is 356 g/mol. The monoisotopic (exact) mass is 384 g/mol. The van der Waals surface area contributed by atoms with Gasteiger partial charge in [-0.05, 0) is 50.2 Å². The molecule has 2 N–H and O–H groups in total. The van der Waals surface area contributed by atoms with E-state index in [4.69, 9.17) is 0 Å². The van der Waals surface area contributed by atoms with Crippen molar-refractivity contribution in [2.24, 2.45) is 0 Å². The smallest absolute Gasteiger partial charge is 0.269 e. The van der Waals surface area contributed by atoms with Crippen molar-refractivity contribution in [3.05, 3.63) is 69.8 Å². The highest BCUT2D eigenvalue weighted by molar-refractivity contribution is 5.94. The maximum Gasteiger partial charge on any atom is 0.269 e. The Bertz CT molecular complexity index is 773. The fraction of sp³-hybridized carbons (Fsp3) is 0.381. The minimum atomic E-state index is -0.433. The maximum atomic E-state index is 12.2. The van der Waals surface area contributed by atoms with Crippen LogP contribution in [0.25, 0.3) is 0 Å². The van der Waals surface area contributed by atoms with Crippen LogP contribution in [-0.2, 0) is 6.54 Å². The van der Waals surface area contributed by atoms with Crippen LogP contribution in [0.2, 0.25) is 0 Å². The van der Waals surface area contributed by atoms with E-state index < -0.39 is 4.92 Å². The number of nitro benzene ring substituents is 1. The summed E-state index contributed by atoms with van der Waals surface area (Å²) in [5, 5.41) is 16.6. The van der Waals surface area contributed by atoms with Crippen molar-refractivity contribution in [3.8, 4) is 0 Å². The summed E-state index contributed by atoms with van der Waals surface area (Å²) in [5.41, 5.74) is 2.64. The van der Waals surface area contributed by atoms with Gasteiger partial charge in [0.15, 0.2) is 0 Å². The third-order valence-electron chi connectivity index (χ3n) is 4.56. The van der Waals surface area contributed by atoms with Crippen LogP contribution in [0.1, 0.15) is 36.7 Å². The third-order valence-corrected chi connectivity index (χ3v) is 4.56. The van der Waals surface area contributed by atoms with Gasteiger partial charge in [0.05, 0.1) is 4.92 Å². The van der Waals surface area contributed by atoms with Crippen LogP contribution in [0.3, 0.4) is 0 Å². The van der Waals surface area contributed by atoms with Crippen LogP contribution in [0.5, 0.6) is 0 Å². The predicted molar refractivity (Wildman–Crippen MR) is 112 cm³/mol. The number of hydrogen-bond donors (Lipinski definition) is 2. The number of amides is 1. The van der Waals surface area contributed by atoms with Gasteiger partial charge < -0.3 is 10.6 Å². The molecule has 0 aromatic heterocycles. The normalized spacial score (nSPS) is 10.9. The van der Waals surface area contributed by atoms with Gasteiger partial charge in [-0.1, -0.05) is 19.1 Å². The first-order valence-electron chi connectivity index (χ1n) is 9.50. The highest BCUT2D eigenvalue weighted by Crippen LogP contribution is 2.15. The summed E-state index contributed by atoms with van der Waals surface area (Å²) in [7, 11) is 0. The van der Waals surface area contributed by atoms with Crippen molar-refractivity contribution >= 4 is 17.3 Å². The van der Waals surface area contributed by atoms with Gasteiger partial charge in [0.25, 0.3) is 11.6 Å². The average Bonchev–Trinajstić information content (AvgIpc) is 2.69. The lowest BCUT2D eigenvalue weighted by Gasteiger charge is -2.24. The van der Waals surface area contributed by atoms with Gasteiger partial charge in [0.2, 0.25) is 0 Å². The molecule has 2 rings (SSSR count). The summed E-state index contributed by atoms with van der Waals surface area (Å²) in [5.74, 6) is -0.117. The van der Waals surface area contributed by atoms with Gasteiger partial charge in [-0.25, -0.2) is 0 Å². The predicted octanol–water partition coefficient (Wildman–Crippen LogP) is 3.67. The summed E-state index contributed by atoms with van der Waals surface area (Å²) in [6.45, 7) is 9.34. The van der Waals surface area contributed by atoms with Gasteiger partial charge in [-0.15, -0.1) is 0 Å². The number of anilines is 1. The van der Waals surface area contributed by atoms with Crippen molar-refractivity contribution < 1.29 is 9.72 Å². The lowest BCUT2D eigenvalue weighted by atomic mass is 10.1. The molecule has 0 aliphatic heterocycles. The zero-order valence-electron chi connectivity index (χ0n) is 16.6. The number of carbonyl (C=O) groups is 1. The zero-order valence-corrected chi connectivity index (χ0v) is 16.6. The number of nitrogens with zero attached hydrogens (tertiary/aromatic N) is 2. The van der Waals surface area contributed by atoms with Crippen molar-refractivity contribution in [1.29, 1.82) is 0 Å². The Hall–Kier alpha value is -2.93. The standard InChI is InChI=1S/C21H28N4O3/c1-4-24(16(2)3)15-17-5-7-18(8-6-17)21(26)23-14-13-22-19-9-11-20(12-10-19)25(27)28/h5-12,16,22H,4,13-15H2,1-3H3,(H,23,26). The van der Waals surface area contributed by atoms with E-state index in [1.165, 1.54) is 17.7 Å². The molecule has 7 nitrogen and oxygen atoms in total. The molecule has 0 aliphatic carbocycles. The molecule has 0 saturated carbocycles. The molecule has 0 unspecified atom stereocenters. The van der Waals surface area contributed by atoms with Crippen LogP contribution < -0.4 is 10.6 Å². The third kappa shape index (κ3) is 6.35. The van der Waals surface area contributed by atoms with Gasteiger partial charge in [0, 0.05) is 49.1 Å². The zero-order chi connectivity index (χ0) is 20.5. The Labute approximate surface area is 165 Å². The summed E-state index contributed by atoms with van der Waals surface area (Å²) in [4.78, 5) is 24.8. The Balaban J connectivity index is 1.77. The minimum absolute atomic E-state index is 0.0535. The van der Waals surface area contributed by atoms with Crippen molar-refractivity contribution in [2.45, 2.75) is 33.4 Å². The molecule has 2 aromatic carbocycles. The molecule has 0 heterocycles. The molecule has 7 heteroatoms. The number of non-ortho nitro benzene ring substituents is 1. The molecule has 0 atom stereocenters. The van der Waals surface area contributed by atoms with Gasteiger partial charge in [-0.3, -0.25) is 19.8 Å². The van der Waals surface area contributed by atoms with Crippen LogP contribution in [0.4, 0.5) is 11.4 Å². The summed E-state index contributed by atoms with van der Waals surface area (Å²) >= 11 is 0. The number of carbonyl (C=O) groups excluding carboxylic acids is 1. The van der Waals surface area contributed by atoms with E-state index in [9.17, 15) is 14.9 Å². The second-order valence-corrected chi connectivity index (χ2v) is 6.84. The van der Waals surface area contributed by atoms with Gasteiger partial charge >= 0.3 is 0 Å². The van der Waals surface area contributed by atoms with Gasteiger partial charge in [0.1, 0.15) is 0 Å². The van der Waals surface area contributed by atoms with E-state index in [2.05, 4.69) is 36.3 Å². The number of hydrogen-bond acceptors (Lipinski definition) is 5. The van der Waals surface area contributed by atoms with Crippen LogP contribution in [0, 0.1) is 10.1 Å². The molecular formula is C21H28N4O3. The van der Waals surface area contributed by atoms with E-state index in [0.29, 0.717) is 24.7 Å². The minimum Gasteiger partial charge on any atom is -0.383 e. The van der Waals surface area contributed by atoms with Crippen LogP contribution >= 0.6 is 0 Å². The number of rotatable bonds is 10. The van der Waals surface area contributed by atoms with Crippen molar-refractivity contribution in [1.82, 2.24) is 10.2 Å². The van der Waals surface area contributed by atoms with E-state index in [1.807, 2.05) is 24.3 Å². The maximum absolute atomic E-state index is 12.2. The highest BCUT2D eigenvalue weighted by atomic mass is 16.6. The van der Waals surface area contributed by atoms with E-state index in [1.54, 1.807) is 12.1 Å². The molecule has 28 heavy (non-hydrogen) atoms. The quantitative estimate of drug-likeness (QED) is 0.371. The first-order chi connectivity index (χ1) is 13.4. The Morgan fingerprint density at radius 3 is 2.25 bits per heavy atom. The first-order valence-corrected chi connectivity index (χ1v) is 9.50. The lowest BCUT2D eigenvalue weighted by molar-refractivity contribution is -0.384. The molecule has 150 valence electrons. The van der Waals surface area contributed by atoms with E-state index >= 15 is 0 Å². The van der Waals surface area contributed by atoms with Crippen molar-refractivity contribution in [3.63, 3.8) is 0 Å². The lowest BCUT2D eigenvalue weighted by Crippen LogP contribution is -2.30. The summed E-state index contributed by atoms with van der Waals surface area (Å²) in [6.07, 6.45) is 0. The molecule has 1 amide bonds. The fourth-order valence-corrected chi connectivity index (χ4v) is 2.84. The number of nitro groups is 1.